The molecule has 4 heteroatoms. The molecule has 1 saturated carbocycles. The van der Waals surface area contributed by atoms with E-state index >= 15 is 0 Å². The van der Waals surface area contributed by atoms with E-state index < -0.39 is 10.0 Å². The van der Waals surface area contributed by atoms with Gasteiger partial charge in [0.05, 0.1) is 5.25 Å². The van der Waals surface area contributed by atoms with Gasteiger partial charge in [0.25, 0.3) is 0 Å². The molecule has 0 heterocycles. The maximum atomic E-state index is 12.0. The van der Waals surface area contributed by atoms with E-state index in [2.05, 4.69) is 4.72 Å². The molecule has 1 aromatic carbocycles. The molecule has 1 aromatic rings. The van der Waals surface area contributed by atoms with Gasteiger partial charge >= 0.3 is 0 Å². The lowest BCUT2D eigenvalue weighted by molar-refractivity contribution is 0.585. The molecule has 1 fully saturated rings. The molecule has 3 nitrogen and oxygen atoms in total. The summed E-state index contributed by atoms with van der Waals surface area (Å²) in [4.78, 5) is 0. The summed E-state index contributed by atoms with van der Waals surface area (Å²) in [6, 6.07) is 7.43. The molecule has 1 aliphatic rings. The lowest BCUT2D eigenvalue weighted by atomic mass is 10.2. The van der Waals surface area contributed by atoms with Crippen LogP contribution in [0.1, 0.15) is 46.5 Å². The Morgan fingerprint density at radius 1 is 1.11 bits per heavy atom. The first kappa shape index (κ1) is 15.0. The van der Waals surface area contributed by atoms with Crippen LogP contribution in [0.15, 0.2) is 24.3 Å². The fourth-order valence-corrected chi connectivity index (χ4v) is 3.65. The Kier molecular flexibility index (Phi) is 5.66. The smallest absolute Gasteiger partial charge is 0.235 e. The van der Waals surface area contributed by atoms with Gasteiger partial charge in [-0.05, 0) is 31.9 Å². The van der Waals surface area contributed by atoms with Crippen molar-refractivity contribution in [3.05, 3.63) is 29.8 Å². The SMILES string of the molecule is CC.Cc1ccc(NS(=O)(=O)C2CCCC2)cc1.[HH]. The highest BCUT2D eigenvalue weighted by Gasteiger charge is 2.28. The highest BCUT2D eigenvalue weighted by atomic mass is 32.2. The van der Waals surface area contributed by atoms with E-state index in [1.54, 1.807) is 0 Å². The van der Waals surface area contributed by atoms with Crippen molar-refractivity contribution in [2.24, 2.45) is 0 Å². The summed E-state index contributed by atoms with van der Waals surface area (Å²) >= 11 is 0. The minimum atomic E-state index is -3.18. The van der Waals surface area contributed by atoms with Crippen LogP contribution in [0.4, 0.5) is 5.69 Å². The second-order valence-electron chi connectivity index (χ2n) is 4.42. The van der Waals surface area contributed by atoms with Gasteiger partial charge in [0.1, 0.15) is 0 Å². The van der Waals surface area contributed by atoms with Crippen LogP contribution in [0.5, 0.6) is 0 Å². The molecule has 18 heavy (non-hydrogen) atoms. The minimum Gasteiger partial charge on any atom is -0.283 e. The van der Waals surface area contributed by atoms with E-state index in [0.717, 1.165) is 31.2 Å². The Hall–Kier alpha value is -1.03. The van der Waals surface area contributed by atoms with Crippen LogP contribution in [-0.4, -0.2) is 13.7 Å². The third-order valence-corrected chi connectivity index (χ3v) is 4.92. The Labute approximate surface area is 112 Å². The molecule has 0 atom stereocenters. The summed E-state index contributed by atoms with van der Waals surface area (Å²) in [7, 11) is -3.18. The number of nitrogens with one attached hydrogen (secondary N) is 1. The zero-order valence-electron chi connectivity index (χ0n) is 11.4. The molecule has 0 amide bonds. The maximum Gasteiger partial charge on any atom is 0.235 e. The second-order valence-corrected chi connectivity index (χ2v) is 6.38. The number of benzene rings is 1. The zero-order valence-corrected chi connectivity index (χ0v) is 12.3. The fraction of sp³-hybridized carbons (Fsp3) is 0.571. The van der Waals surface area contributed by atoms with Crippen molar-refractivity contribution in [2.45, 2.75) is 51.7 Å². The normalized spacial score (nSPS) is 15.9. The van der Waals surface area contributed by atoms with Crippen LogP contribution < -0.4 is 4.72 Å². The molecule has 0 aromatic heterocycles. The topological polar surface area (TPSA) is 46.2 Å². The van der Waals surface area contributed by atoms with Crippen LogP contribution in [0.3, 0.4) is 0 Å². The van der Waals surface area contributed by atoms with Gasteiger partial charge in [0, 0.05) is 7.11 Å². The monoisotopic (exact) mass is 271 g/mol. The van der Waals surface area contributed by atoms with Gasteiger partial charge in [0.15, 0.2) is 0 Å². The van der Waals surface area contributed by atoms with Gasteiger partial charge in [-0.15, -0.1) is 0 Å². The van der Waals surface area contributed by atoms with E-state index in [-0.39, 0.29) is 6.68 Å². The number of hydrogen-bond acceptors (Lipinski definition) is 2. The van der Waals surface area contributed by atoms with Gasteiger partial charge in [-0.25, -0.2) is 8.42 Å². The average Bonchev–Trinajstić information content (AvgIpc) is 2.89. The zero-order chi connectivity index (χ0) is 13.6. The maximum absolute atomic E-state index is 12.0. The van der Waals surface area contributed by atoms with Crippen molar-refractivity contribution in [1.82, 2.24) is 0 Å². The van der Waals surface area contributed by atoms with Crippen LogP contribution in [0.2, 0.25) is 0 Å². The Morgan fingerprint density at radius 3 is 2.11 bits per heavy atom. The second kappa shape index (κ2) is 6.78. The van der Waals surface area contributed by atoms with E-state index in [4.69, 9.17) is 0 Å². The Balaban J connectivity index is 0.00000103. The van der Waals surface area contributed by atoms with Gasteiger partial charge < -0.3 is 0 Å². The third kappa shape index (κ3) is 4.02. The van der Waals surface area contributed by atoms with Gasteiger partial charge in [-0.3, -0.25) is 4.72 Å². The Bertz CT molecular complexity index is 451. The third-order valence-electron chi connectivity index (χ3n) is 3.05. The molecule has 104 valence electrons. The van der Waals surface area contributed by atoms with Crippen LogP contribution in [-0.2, 0) is 10.0 Å². The van der Waals surface area contributed by atoms with Crippen molar-refractivity contribution in [3.63, 3.8) is 0 Å². The predicted octanol–water partition coefficient (Wildman–Crippen LogP) is 3.95. The van der Waals surface area contributed by atoms with Crippen LogP contribution >= 0.6 is 0 Å². The van der Waals surface area contributed by atoms with Crippen molar-refractivity contribution in [2.75, 3.05) is 4.72 Å². The number of sulfonamides is 1. The molecular weight excluding hydrogens is 246 g/mol. The largest absolute Gasteiger partial charge is 0.283 e. The number of hydrogen-bond donors (Lipinski definition) is 1. The average molecular weight is 271 g/mol. The lowest BCUT2D eigenvalue weighted by Crippen LogP contribution is -2.25. The highest BCUT2D eigenvalue weighted by molar-refractivity contribution is 7.93. The summed E-state index contributed by atoms with van der Waals surface area (Å²) in [6.07, 6.45) is 3.64. The highest BCUT2D eigenvalue weighted by Crippen LogP contribution is 2.26. The van der Waals surface area contributed by atoms with Gasteiger partial charge in [-0.1, -0.05) is 44.4 Å². The number of aryl methyl sites for hydroxylation is 1. The first-order valence-corrected chi connectivity index (χ1v) is 8.21. The first-order chi connectivity index (χ1) is 8.58. The molecule has 0 bridgehead atoms. The summed E-state index contributed by atoms with van der Waals surface area (Å²) in [6.45, 7) is 5.98. The summed E-state index contributed by atoms with van der Waals surface area (Å²) in [5, 5.41) is -0.200. The standard InChI is InChI=1S/C12H17NO2S.C2H6.H2/c1-10-6-8-11(9-7-10)13-16(14,15)12-4-2-3-5-12;1-2;/h6-9,12-13H,2-5H2,1H3;1-2H3;1H. The fourth-order valence-electron chi connectivity index (χ4n) is 2.07. The molecule has 0 radical (unpaired) electrons. The first-order valence-electron chi connectivity index (χ1n) is 6.66. The predicted molar refractivity (Wildman–Crippen MR) is 79.4 cm³/mol. The van der Waals surface area contributed by atoms with E-state index in [1.165, 1.54) is 0 Å². The lowest BCUT2D eigenvalue weighted by Gasteiger charge is -2.13. The van der Waals surface area contributed by atoms with Gasteiger partial charge in [-0.2, -0.15) is 0 Å². The van der Waals surface area contributed by atoms with Crippen molar-refractivity contribution in [1.29, 1.82) is 0 Å². The van der Waals surface area contributed by atoms with Crippen LogP contribution in [0, 0.1) is 6.92 Å². The molecular formula is C14H25NO2S. The van der Waals surface area contributed by atoms with Crippen molar-refractivity contribution >= 4 is 15.7 Å². The molecule has 0 unspecified atom stereocenters. The molecule has 0 spiro atoms. The summed E-state index contributed by atoms with van der Waals surface area (Å²) < 4.78 is 26.6. The molecule has 0 aliphatic heterocycles. The molecule has 1 N–H and O–H groups in total. The summed E-state index contributed by atoms with van der Waals surface area (Å²) in [5.74, 6) is 0. The van der Waals surface area contributed by atoms with E-state index in [9.17, 15) is 8.42 Å². The summed E-state index contributed by atoms with van der Waals surface area (Å²) in [5.41, 5.74) is 1.79. The molecule has 1 aliphatic carbocycles. The van der Waals surface area contributed by atoms with Crippen molar-refractivity contribution in [3.8, 4) is 0 Å². The van der Waals surface area contributed by atoms with E-state index in [0.29, 0.717) is 5.69 Å². The minimum absolute atomic E-state index is 0. The van der Waals surface area contributed by atoms with E-state index in [1.807, 2.05) is 45.0 Å². The number of anilines is 1. The van der Waals surface area contributed by atoms with Crippen LogP contribution in [0.25, 0.3) is 0 Å². The van der Waals surface area contributed by atoms with Gasteiger partial charge in [0.2, 0.25) is 10.0 Å². The molecule has 0 saturated heterocycles. The van der Waals surface area contributed by atoms with Crippen molar-refractivity contribution < 1.29 is 9.84 Å². The molecule has 2 rings (SSSR count). The quantitative estimate of drug-likeness (QED) is 0.904. The Morgan fingerprint density at radius 2 is 1.61 bits per heavy atom. The number of rotatable bonds is 3.